The SMILES string of the molecule is COc1ccc(-c2nc3cccc(C(C)=O)c3s2)cc1. The van der Waals surface area contributed by atoms with Gasteiger partial charge in [-0.3, -0.25) is 4.79 Å². The van der Waals surface area contributed by atoms with E-state index in [9.17, 15) is 4.79 Å². The van der Waals surface area contributed by atoms with Crippen LogP contribution in [0.25, 0.3) is 20.8 Å². The molecule has 1 aromatic heterocycles. The first-order chi connectivity index (χ1) is 9.69. The zero-order valence-corrected chi connectivity index (χ0v) is 12.0. The summed E-state index contributed by atoms with van der Waals surface area (Å²) in [4.78, 5) is 16.3. The van der Waals surface area contributed by atoms with Crippen molar-refractivity contribution in [1.29, 1.82) is 0 Å². The Kier molecular flexibility index (Phi) is 3.24. The largest absolute Gasteiger partial charge is 0.497 e. The number of Topliss-reactive ketones (excluding diaryl/α,β-unsaturated/α-hetero) is 1. The highest BCUT2D eigenvalue weighted by atomic mass is 32.1. The number of fused-ring (bicyclic) bond motifs is 1. The Bertz CT molecular complexity index is 775. The number of thiazole rings is 1. The highest BCUT2D eigenvalue weighted by molar-refractivity contribution is 7.22. The van der Waals surface area contributed by atoms with Crippen LogP contribution in [0.15, 0.2) is 42.5 Å². The molecule has 0 bridgehead atoms. The predicted molar refractivity (Wildman–Crippen MR) is 81.6 cm³/mol. The third kappa shape index (κ3) is 2.18. The maximum Gasteiger partial charge on any atom is 0.161 e. The van der Waals surface area contributed by atoms with Crippen LogP contribution in [0.5, 0.6) is 5.75 Å². The van der Waals surface area contributed by atoms with Crippen LogP contribution in [-0.4, -0.2) is 17.9 Å². The van der Waals surface area contributed by atoms with E-state index in [1.807, 2.05) is 42.5 Å². The normalized spacial score (nSPS) is 10.7. The topological polar surface area (TPSA) is 39.2 Å². The van der Waals surface area contributed by atoms with Crippen LogP contribution >= 0.6 is 11.3 Å². The van der Waals surface area contributed by atoms with Crippen molar-refractivity contribution in [2.45, 2.75) is 6.92 Å². The number of hydrogen-bond acceptors (Lipinski definition) is 4. The van der Waals surface area contributed by atoms with Gasteiger partial charge in [0.1, 0.15) is 10.8 Å². The molecule has 0 atom stereocenters. The molecule has 0 fully saturated rings. The summed E-state index contributed by atoms with van der Waals surface area (Å²) in [6, 6.07) is 13.4. The zero-order chi connectivity index (χ0) is 14.1. The van der Waals surface area contributed by atoms with Gasteiger partial charge in [-0.05, 0) is 43.3 Å². The number of nitrogens with zero attached hydrogens (tertiary/aromatic N) is 1. The van der Waals surface area contributed by atoms with Crippen molar-refractivity contribution in [3.8, 4) is 16.3 Å². The van der Waals surface area contributed by atoms with Gasteiger partial charge in [0, 0.05) is 11.1 Å². The number of carbonyl (C=O) groups is 1. The van der Waals surface area contributed by atoms with E-state index in [0.29, 0.717) is 0 Å². The fourth-order valence-electron chi connectivity index (χ4n) is 2.08. The van der Waals surface area contributed by atoms with E-state index in [2.05, 4.69) is 4.98 Å². The average Bonchev–Trinajstić information content (AvgIpc) is 2.90. The second-order valence-corrected chi connectivity index (χ2v) is 5.46. The molecule has 4 heteroatoms. The summed E-state index contributed by atoms with van der Waals surface area (Å²) in [5, 5.41) is 0.913. The fraction of sp³-hybridized carbons (Fsp3) is 0.125. The molecule has 0 amide bonds. The standard InChI is InChI=1S/C16H13NO2S/c1-10(18)13-4-3-5-14-15(13)20-16(17-14)11-6-8-12(19-2)9-7-11/h3-9H,1-2H3. The smallest absolute Gasteiger partial charge is 0.161 e. The molecule has 0 unspecified atom stereocenters. The van der Waals surface area contributed by atoms with E-state index in [1.165, 1.54) is 0 Å². The van der Waals surface area contributed by atoms with Crippen LogP contribution in [0, 0.1) is 0 Å². The van der Waals surface area contributed by atoms with Crippen LogP contribution in [0.1, 0.15) is 17.3 Å². The van der Waals surface area contributed by atoms with E-state index in [-0.39, 0.29) is 5.78 Å². The molecule has 3 aromatic rings. The summed E-state index contributed by atoms with van der Waals surface area (Å²) in [7, 11) is 1.64. The van der Waals surface area contributed by atoms with Crippen molar-refractivity contribution in [1.82, 2.24) is 4.98 Å². The van der Waals surface area contributed by atoms with Gasteiger partial charge in [0.2, 0.25) is 0 Å². The Hall–Kier alpha value is -2.20. The number of rotatable bonds is 3. The number of aromatic nitrogens is 1. The maximum atomic E-state index is 11.7. The Morgan fingerprint density at radius 2 is 1.90 bits per heavy atom. The molecule has 100 valence electrons. The van der Waals surface area contributed by atoms with Crippen molar-refractivity contribution < 1.29 is 9.53 Å². The second-order valence-electron chi connectivity index (χ2n) is 4.46. The molecule has 20 heavy (non-hydrogen) atoms. The Morgan fingerprint density at radius 3 is 2.55 bits per heavy atom. The van der Waals surface area contributed by atoms with Gasteiger partial charge < -0.3 is 4.74 Å². The maximum absolute atomic E-state index is 11.7. The monoisotopic (exact) mass is 283 g/mol. The minimum atomic E-state index is 0.0699. The molecule has 0 saturated carbocycles. The molecule has 1 heterocycles. The number of carbonyl (C=O) groups excluding carboxylic acids is 1. The minimum Gasteiger partial charge on any atom is -0.497 e. The molecule has 0 saturated heterocycles. The van der Waals surface area contributed by atoms with Crippen molar-refractivity contribution in [2.75, 3.05) is 7.11 Å². The first-order valence-corrected chi connectivity index (χ1v) is 7.05. The Labute approximate surface area is 120 Å². The van der Waals surface area contributed by atoms with Gasteiger partial charge in [0.15, 0.2) is 5.78 Å². The molecule has 3 nitrogen and oxygen atoms in total. The van der Waals surface area contributed by atoms with Crippen molar-refractivity contribution in [3.05, 3.63) is 48.0 Å². The first kappa shape index (κ1) is 12.8. The van der Waals surface area contributed by atoms with Crippen LogP contribution in [0.3, 0.4) is 0 Å². The Balaban J connectivity index is 2.12. The lowest BCUT2D eigenvalue weighted by molar-refractivity contribution is 0.101. The predicted octanol–water partition coefficient (Wildman–Crippen LogP) is 4.17. The van der Waals surface area contributed by atoms with Crippen molar-refractivity contribution >= 4 is 27.3 Å². The van der Waals surface area contributed by atoms with Gasteiger partial charge in [0.05, 0.1) is 17.3 Å². The van der Waals surface area contributed by atoms with Gasteiger partial charge in [-0.25, -0.2) is 4.98 Å². The molecule has 0 aliphatic carbocycles. The average molecular weight is 283 g/mol. The zero-order valence-electron chi connectivity index (χ0n) is 11.2. The van der Waals surface area contributed by atoms with Crippen LogP contribution < -0.4 is 4.74 Å². The van der Waals surface area contributed by atoms with Gasteiger partial charge in [0.25, 0.3) is 0 Å². The molecular formula is C16H13NO2S. The quantitative estimate of drug-likeness (QED) is 0.677. The molecule has 2 aromatic carbocycles. The van der Waals surface area contributed by atoms with Gasteiger partial charge in [-0.15, -0.1) is 11.3 Å². The molecule has 0 aliphatic heterocycles. The number of ether oxygens (including phenoxy) is 1. The summed E-state index contributed by atoms with van der Waals surface area (Å²) in [6.07, 6.45) is 0. The third-order valence-corrected chi connectivity index (χ3v) is 4.28. The highest BCUT2D eigenvalue weighted by Crippen LogP contribution is 2.33. The van der Waals surface area contributed by atoms with Crippen molar-refractivity contribution in [3.63, 3.8) is 0 Å². The van der Waals surface area contributed by atoms with Crippen LogP contribution in [0.4, 0.5) is 0 Å². The summed E-state index contributed by atoms with van der Waals surface area (Å²) >= 11 is 1.55. The number of ketones is 1. The molecule has 0 N–H and O–H groups in total. The molecular weight excluding hydrogens is 270 g/mol. The van der Waals surface area contributed by atoms with Crippen molar-refractivity contribution in [2.24, 2.45) is 0 Å². The summed E-state index contributed by atoms with van der Waals surface area (Å²) in [6.45, 7) is 1.58. The number of benzene rings is 2. The molecule has 3 rings (SSSR count). The lowest BCUT2D eigenvalue weighted by Gasteiger charge is -1.99. The molecule has 0 radical (unpaired) electrons. The fourth-order valence-corrected chi connectivity index (χ4v) is 3.21. The van der Waals surface area contributed by atoms with Crippen LogP contribution in [0.2, 0.25) is 0 Å². The van der Waals surface area contributed by atoms with Gasteiger partial charge in [-0.1, -0.05) is 6.07 Å². The minimum absolute atomic E-state index is 0.0699. The second kappa shape index (κ2) is 5.06. The van der Waals surface area contributed by atoms with E-state index >= 15 is 0 Å². The first-order valence-electron chi connectivity index (χ1n) is 6.24. The van der Waals surface area contributed by atoms with Crippen LogP contribution in [-0.2, 0) is 0 Å². The summed E-state index contributed by atoms with van der Waals surface area (Å²) in [5.41, 5.74) is 2.63. The van der Waals surface area contributed by atoms with E-state index in [4.69, 9.17) is 4.74 Å². The van der Waals surface area contributed by atoms with E-state index in [1.54, 1.807) is 25.4 Å². The lowest BCUT2D eigenvalue weighted by atomic mass is 10.1. The summed E-state index contributed by atoms with van der Waals surface area (Å²) < 4.78 is 6.10. The number of methoxy groups -OCH3 is 1. The number of hydrogen-bond donors (Lipinski definition) is 0. The molecule has 0 aliphatic rings. The lowest BCUT2D eigenvalue weighted by Crippen LogP contribution is -1.90. The third-order valence-electron chi connectivity index (χ3n) is 3.13. The highest BCUT2D eigenvalue weighted by Gasteiger charge is 2.11. The van der Waals surface area contributed by atoms with Gasteiger partial charge in [-0.2, -0.15) is 0 Å². The van der Waals surface area contributed by atoms with Gasteiger partial charge >= 0.3 is 0 Å². The summed E-state index contributed by atoms with van der Waals surface area (Å²) in [5.74, 6) is 0.889. The van der Waals surface area contributed by atoms with E-state index < -0.39 is 0 Å². The molecule has 0 spiro atoms. The van der Waals surface area contributed by atoms with E-state index in [0.717, 1.165) is 32.1 Å². The Morgan fingerprint density at radius 1 is 1.15 bits per heavy atom.